The molecule has 0 aromatic heterocycles. The van der Waals surface area contributed by atoms with Crippen molar-refractivity contribution in [2.75, 3.05) is 0 Å². The maximum Gasteiger partial charge on any atom is 0.170 e. The third-order valence-electron chi connectivity index (χ3n) is 4.06. The number of hydrogen-bond acceptors (Lipinski definition) is 1. The van der Waals surface area contributed by atoms with Gasteiger partial charge in [0.15, 0.2) is 5.78 Å². The number of fused-ring (bicyclic) bond motifs is 1. The molecule has 78 valence electrons. The largest absolute Gasteiger partial charge is 0.294 e. The summed E-state index contributed by atoms with van der Waals surface area (Å²) in [6.45, 7) is 6.82. The van der Waals surface area contributed by atoms with Crippen molar-refractivity contribution in [2.24, 2.45) is 17.3 Å². The second-order valence-corrected chi connectivity index (χ2v) is 5.99. The van der Waals surface area contributed by atoms with Gasteiger partial charge in [0.25, 0.3) is 0 Å². The first-order valence-electron chi connectivity index (χ1n) is 5.39. The molecule has 1 saturated carbocycles. The topological polar surface area (TPSA) is 17.1 Å². The van der Waals surface area contributed by atoms with E-state index in [4.69, 9.17) is 0 Å². The summed E-state index contributed by atoms with van der Waals surface area (Å²) in [4.78, 5) is 11.7. The van der Waals surface area contributed by atoms with E-state index in [1.165, 1.54) is 12.0 Å². The summed E-state index contributed by atoms with van der Waals surface area (Å²) in [5.74, 6) is 1.69. The third kappa shape index (κ3) is 1.23. The molecule has 0 N–H and O–H groups in total. The molecule has 0 amide bonds. The monoisotopic (exact) mass is 256 g/mol. The molecule has 1 nitrogen and oxygen atoms in total. The van der Waals surface area contributed by atoms with Crippen molar-refractivity contribution in [3.8, 4) is 0 Å². The molecule has 2 heteroatoms. The molecule has 1 fully saturated rings. The van der Waals surface area contributed by atoms with Crippen LogP contribution < -0.4 is 0 Å². The van der Waals surface area contributed by atoms with E-state index in [2.05, 4.69) is 36.7 Å². The fourth-order valence-corrected chi connectivity index (χ4v) is 4.17. The van der Waals surface area contributed by atoms with E-state index in [9.17, 15) is 4.79 Å². The van der Waals surface area contributed by atoms with Crippen LogP contribution in [0.3, 0.4) is 0 Å². The van der Waals surface area contributed by atoms with E-state index in [1.807, 2.05) is 0 Å². The van der Waals surface area contributed by atoms with Gasteiger partial charge in [-0.25, -0.2) is 0 Å². The molecule has 2 aliphatic carbocycles. The quantitative estimate of drug-likeness (QED) is 0.700. The number of carbonyl (C=O) groups excluding carboxylic acids is 1. The maximum absolute atomic E-state index is 11.7. The molecule has 0 aromatic carbocycles. The van der Waals surface area contributed by atoms with Crippen LogP contribution in [-0.4, -0.2) is 5.78 Å². The van der Waals surface area contributed by atoms with Crippen molar-refractivity contribution in [3.05, 3.63) is 10.1 Å². The smallest absolute Gasteiger partial charge is 0.170 e. The van der Waals surface area contributed by atoms with Crippen molar-refractivity contribution in [2.45, 2.75) is 40.0 Å². The highest BCUT2D eigenvalue weighted by molar-refractivity contribution is 9.12. The average molecular weight is 257 g/mol. The Morgan fingerprint density at radius 2 is 2.14 bits per heavy atom. The highest BCUT2D eigenvalue weighted by Gasteiger charge is 2.50. The number of hydrogen-bond donors (Lipinski definition) is 0. The van der Waals surface area contributed by atoms with Crippen LogP contribution in [0.5, 0.6) is 0 Å². The number of Topliss-reactive ketones (excluding diaryl/α,β-unsaturated/α-hetero) is 1. The number of allylic oxidation sites excluding steroid dienone is 2. The van der Waals surface area contributed by atoms with Crippen molar-refractivity contribution in [1.82, 2.24) is 0 Å². The molecule has 0 bridgehead atoms. The van der Waals surface area contributed by atoms with E-state index in [0.29, 0.717) is 17.6 Å². The van der Waals surface area contributed by atoms with Crippen molar-refractivity contribution >= 4 is 21.7 Å². The van der Waals surface area contributed by atoms with Crippen LogP contribution >= 0.6 is 15.9 Å². The molecule has 2 aliphatic rings. The molecule has 14 heavy (non-hydrogen) atoms. The Morgan fingerprint density at radius 1 is 1.50 bits per heavy atom. The van der Waals surface area contributed by atoms with E-state index < -0.39 is 0 Å². The SMILES string of the molecule is CC(C)[C@@H]1CCC2=C(Br)C(=O)C[C@]21C. The molecule has 0 heterocycles. The van der Waals surface area contributed by atoms with E-state index in [0.717, 1.165) is 17.3 Å². The summed E-state index contributed by atoms with van der Waals surface area (Å²) in [5.41, 5.74) is 1.56. The lowest BCUT2D eigenvalue weighted by Gasteiger charge is -2.31. The van der Waals surface area contributed by atoms with Crippen molar-refractivity contribution in [1.29, 1.82) is 0 Å². The summed E-state index contributed by atoms with van der Waals surface area (Å²) < 4.78 is 0.892. The van der Waals surface area contributed by atoms with E-state index >= 15 is 0 Å². The Balaban J connectivity index is 2.40. The molecular weight excluding hydrogens is 240 g/mol. The molecule has 0 unspecified atom stereocenters. The predicted octanol–water partition coefficient (Wildman–Crippen LogP) is 3.68. The van der Waals surface area contributed by atoms with Gasteiger partial charge >= 0.3 is 0 Å². The van der Waals surface area contributed by atoms with Crippen LogP contribution in [0, 0.1) is 17.3 Å². The molecule has 2 rings (SSSR count). The lowest BCUT2D eigenvalue weighted by Crippen LogP contribution is -2.26. The minimum atomic E-state index is 0.171. The van der Waals surface area contributed by atoms with Gasteiger partial charge in [-0.2, -0.15) is 0 Å². The van der Waals surface area contributed by atoms with Crippen molar-refractivity contribution in [3.63, 3.8) is 0 Å². The molecule has 0 saturated heterocycles. The first-order chi connectivity index (χ1) is 6.47. The Bertz CT molecular complexity index is 316. The molecule has 0 aromatic rings. The van der Waals surface area contributed by atoms with Gasteiger partial charge in [0.1, 0.15) is 0 Å². The van der Waals surface area contributed by atoms with Gasteiger partial charge in [-0.3, -0.25) is 4.79 Å². The summed E-state index contributed by atoms with van der Waals surface area (Å²) in [7, 11) is 0. The van der Waals surface area contributed by atoms with Gasteiger partial charge in [-0.15, -0.1) is 0 Å². The van der Waals surface area contributed by atoms with Gasteiger partial charge in [0.2, 0.25) is 0 Å². The zero-order chi connectivity index (χ0) is 10.5. The summed E-state index contributed by atoms with van der Waals surface area (Å²) >= 11 is 3.45. The van der Waals surface area contributed by atoms with E-state index in [1.54, 1.807) is 0 Å². The first kappa shape index (κ1) is 10.4. The lowest BCUT2D eigenvalue weighted by atomic mass is 9.72. The highest BCUT2D eigenvalue weighted by atomic mass is 79.9. The number of rotatable bonds is 1. The van der Waals surface area contributed by atoms with E-state index in [-0.39, 0.29) is 5.41 Å². The van der Waals surface area contributed by atoms with Crippen LogP contribution in [-0.2, 0) is 4.79 Å². The molecular formula is C12H17BrO. The minimum Gasteiger partial charge on any atom is -0.294 e. The van der Waals surface area contributed by atoms with Gasteiger partial charge in [0, 0.05) is 11.8 Å². The molecule has 2 atom stereocenters. The lowest BCUT2D eigenvalue weighted by molar-refractivity contribution is -0.115. The third-order valence-corrected chi connectivity index (χ3v) is 4.98. The van der Waals surface area contributed by atoms with Crippen molar-refractivity contribution < 1.29 is 4.79 Å². The second kappa shape index (κ2) is 3.19. The first-order valence-corrected chi connectivity index (χ1v) is 6.18. The summed E-state index contributed by atoms with van der Waals surface area (Å²) in [6, 6.07) is 0. The Labute approximate surface area is 94.1 Å². The van der Waals surface area contributed by atoms with Gasteiger partial charge < -0.3 is 0 Å². The number of ketones is 1. The Morgan fingerprint density at radius 3 is 2.71 bits per heavy atom. The fourth-order valence-electron chi connectivity index (χ4n) is 3.37. The second-order valence-electron chi connectivity index (χ2n) is 5.20. The van der Waals surface area contributed by atoms with Crippen LogP contribution in [0.4, 0.5) is 0 Å². The Kier molecular flexibility index (Phi) is 2.37. The minimum absolute atomic E-state index is 0.171. The van der Waals surface area contributed by atoms with Crippen LogP contribution in [0.1, 0.15) is 40.0 Å². The molecule has 0 spiro atoms. The summed E-state index contributed by atoms with van der Waals surface area (Å²) in [6.07, 6.45) is 3.10. The fraction of sp³-hybridized carbons (Fsp3) is 0.750. The van der Waals surface area contributed by atoms with Gasteiger partial charge in [-0.05, 0) is 46.2 Å². The van der Waals surface area contributed by atoms with Gasteiger partial charge in [-0.1, -0.05) is 20.8 Å². The van der Waals surface area contributed by atoms with Crippen LogP contribution in [0.25, 0.3) is 0 Å². The maximum atomic E-state index is 11.7. The standard InChI is InChI=1S/C12H17BrO/c1-7(2)8-4-5-9-11(13)10(14)6-12(8,9)3/h7-8H,4-6H2,1-3H3/t8-,12-/m0/s1. The van der Waals surface area contributed by atoms with Crippen LogP contribution in [0.15, 0.2) is 10.1 Å². The summed E-state index contributed by atoms with van der Waals surface area (Å²) in [5, 5.41) is 0. The number of carbonyl (C=O) groups is 1. The highest BCUT2D eigenvalue weighted by Crippen LogP contribution is 2.58. The average Bonchev–Trinajstić information content (AvgIpc) is 2.49. The molecule has 0 radical (unpaired) electrons. The zero-order valence-electron chi connectivity index (χ0n) is 9.06. The van der Waals surface area contributed by atoms with Crippen LogP contribution in [0.2, 0.25) is 0 Å². The molecule has 0 aliphatic heterocycles. The zero-order valence-corrected chi connectivity index (χ0v) is 10.6. The van der Waals surface area contributed by atoms with Gasteiger partial charge in [0.05, 0.1) is 4.48 Å². The normalized spacial score (nSPS) is 37.2. The Hall–Kier alpha value is -0.110. The predicted molar refractivity (Wildman–Crippen MR) is 61.2 cm³/mol. The number of halogens is 1.